The molecule has 0 heterocycles. The Morgan fingerprint density at radius 2 is 0.574 bits per heavy atom. The fraction of sp³-hybridized carbons (Fsp3) is 0.636. The van der Waals surface area contributed by atoms with Crippen molar-refractivity contribution in [2.75, 3.05) is 11.5 Å². The third-order valence-electron chi connectivity index (χ3n) is 15.5. The van der Waals surface area contributed by atoms with Crippen LogP contribution in [0.4, 0.5) is 11.4 Å². The average molecular weight is 926 g/mol. The molecule has 2 heteroatoms. The Morgan fingerprint density at radius 1 is 0.309 bits per heavy atom. The number of nitrogens with two attached hydrogens (primary N) is 2. The van der Waals surface area contributed by atoms with E-state index in [1.54, 1.807) is 0 Å². The van der Waals surface area contributed by atoms with Gasteiger partial charge in [0.25, 0.3) is 0 Å². The number of nitrogen functional groups attached to an aromatic ring is 2. The SMILES string of the molecule is CCCCCCCCCCCCC(c1ccc(CCCCCCCCCCCCCCc2ccc(C(CCCCCCCCCCCC)c3ccc(N)cc3C)cc2)cc1)c1ccc(N)cc1C. The third kappa shape index (κ3) is 23.9. The van der Waals surface area contributed by atoms with Crippen LogP contribution < -0.4 is 11.5 Å². The zero-order valence-electron chi connectivity index (χ0n) is 44.8. The Morgan fingerprint density at radius 3 is 0.853 bits per heavy atom. The third-order valence-corrected chi connectivity index (χ3v) is 15.5. The highest BCUT2D eigenvalue weighted by Crippen LogP contribution is 2.35. The number of anilines is 2. The summed E-state index contributed by atoms with van der Waals surface area (Å²) in [5, 5.41) is 0. The minimum atomic E-state index is 0.460. The minimum absolute atomic E-state index is 0.460. The lowest BCUT2D eigenvalue weighted by molar-refractivity contribution is 0.539. The van der Waals surface area contributed by atoms with E-state index in [4.69, 9.17) is 11.5 Å². The van der Waals surface area contributed by atoms with Gasteiger partial charge in [0.2, 0.25) is 0 Å². The second kappa shape index (κ2) is 36.4. The summed E-state index contributed by atoms with van der Waals surface area (Å²) in [6.07, 6.45) is 49.2. The monoisotopic (exact) mass is 925 g/mol. The van der Waals surface area contributed by atoms with E-state index < -0.39 is 0 Å². The van der Waals surface area contributed by atoms with E-state index in [0.29, 0.717) is 11.8 Å². The first kappa shape index (κ1) is 57.1. The van der Waals surface area contributed by atoms with Crippen molar-refractivity contribution < 1.29 is 0 Å². The molecule has 4 aromatic carbocycles. The van der Waals surface area contributed by atoms with E-state index in [0.717, 1.165) is 11.4 Å². The molecule has 0 amide bonds. The van der Waals surface area contributed by atoms with E-state index in [9.17, 15) is 0 Å². The summed E-state index contributed by atoms with van der Waals surface area (Å²) in [6, 6.07) is 32.5. The van der Waals surface area contributed by atoms with Gasteiger partial charge < -0.3 is 11.5 Å². The number of hydrogen-bond acceptors (Lipinski definition) is 2. The van der Waals surface area contributed by atoms with Gasteiger partial charge in [-0.1, -0.05) is 267 Å². The van der Waals surface area contributed by atoms with Gasteiger partial charge in [0.05, 0.1) is 0 Å². The highest BCUT2D eigenvalue weighted by atomic mass is 14.5. The van der Waals surface area contributed by atoms with Crippen LogP contribution in [-0.4, -0.2) is 0 Å². The standard InChI is InChI=1S/C66H104N2/c1-5-7-9-11-13-15-23-27-31-35-39-65(63-51-49-61(67)53-55(63)3)59-45-41-57(42-46-59)37-33-29-25-21-19-17-18-20-22-26-30-34-38-58-43-47-60(48-44-58)66(64-52-50-62(68)54-56(64)4)40-36-32-28-24-16-14-12-10-8-6-2/h41-54,65-66H,5-40,67-68H2,1-4H3. The number of unbranched alkanes of at least 4 members (excludes halogenated alkanes) is 29. The van der Waals surface area contributed by atoms with Gasteiger partial charge >= 0.3 is 0 Å². The second-order valence-electron chi connectivity index (χ2n) is 21.5. The first-order valence-electron chi connectivity index (χ1n) is 29.3. The van der Waals surface area contributed by atoms with Crippen LogP contribution in [0.1, 0.15) is 288 Å². The van der Waals surface area contributed by atoms with Gasteiger partial charge in [-0.05, 0) is 121 Å². The number of rotatable bonds is 41. The molecule has 4 aromatic rings. The Kier molecular flexibility index (Phi) is 30.6. The minimum Gasteiger partial charge on any atom is -0.399 e. The van der Waals surface area contributed by atoms with Crippen molar-refractivity contribution in [1.29, 1.82) is 0 Å². The van der Waals surface area contributed by atoms with Crippen LogP contribution in [0.25, 0.3) is 0 Å². The molecule has 0 aliphatic rings. The average Bonchev–Trinajstić information content (AvgIpc) is 3.34. The normalized spacial score (nSPS) is 12.5. The summed E-state index contributed by atoms with van der Waals surface area (Å²) in [5.41, 5.74) is 25.6. The van der Waals surface area contributed by atoms with Crippen LogP contribution in [0, 0.1) is 13.8 Å². The summed E-state index contributed by atoms with van der Waals surface area (Å²) in [6.45, 7) is 9.09. The highest BCUT2D eigenvalue weighted by molar-refractivity contribution is 5.49. The molecule has 0 aliphatic carbocycles. The van der Waals surface area contributed by atoms with Crippen LogP contribution in [-0.2, 0) is 12.8 Å². The fourth-order valence-corrected chi connectivity index (χ4v) is 11.1. The van der Waals surface area contributed by atoms with Crippen LogP contribution in [0.2, 0.25) is 0 Å². The van der Waals surface area contributed by atoms with Crippen LogP contribution in [0.5, 0.6) is 0 Å². The van der Waals surface area contributed by atoms with Crippen molar-refractivity contribution >= 4 is 11.4 Å². The lowest BCUT2D eigenvalue weighted by Crippen LogP contribution is -2.05. The highest BCUT2D eigenvalue weighted by Gasteiger charge is 2.18. The van der Waals surface area contributed by atoms with E-state index in [2.05, 4.69) is 113 Å². The van der Waals surface area contributed by atoms with Gasteiger partial charge in [0.1, 0.15) is 0 Å². The summed E-state index contributed by atoms with van der Waals surface area (Å²) in [4.78, 5) is 0. The van der Waals surface area contributed by atoms with Gasteiger partial charge in [0, 0.05) is 23.2 Å². The van der Waals surface area contributed by atoms with E-state index >= 15 is 0 Å². The molecule has 2 nitrogen and oxygen atoms in total. The quantitative estimate of drug-likeness (QED) is 0.0344. The molecule has 0 aromatic heterocycles. The van der Waals surface area contributed by atoms with Crippen molar-refractivity contribution in [2.24, 2.45) is 0 Å². The van der Waals surface area contributed by atoms with Gasteiger partial charge in [-0.2, -0.15) is 0 Å². The van der Waals surface area contributed by atoms with Gasteiger partial charge in [0.15, 0.2) is 0 Å². The van der Waals surface area contributed by atoms with E-state index in [1.165, 1.54) is 276 Å². The molecule has 0 fully saturated rings. The van der Waals surface area contributed by atoms with Crippen molar-refractivity contribution in [3.05, 3.63) is 129 Å². The zero-order valence-corrected chi connectivity index (χ0v) is 44.8. The molecule has 0 aliphatic heterocycles. The molecule has 0 saturated heterocycles. The first-order valence-corrected chi connectivity index (χ1v) is 29.3. The van der Waals surface area contributed by atoms with Gasteiger partial charge in [-0.15, -0.1) is 0 Å². The maximum absolute atomic E-state index is 6.17. The van der Waals surface area contributed by atoms with Crippen molar-refractivity contribution in [1.82, 2.24) is 0 Å². The maximum Gasteiger partial charge on any atom is 0.0316 e. The smallest absolute Gasteiger partial charge is 0.0316 e. The van der Waals surface area contributed by atoms with E-state index in [-0.39, 0.29) is 0 Å². The van der Waals surface area contributed by atoms with Gasteiger partial charge in [-0.3, -0.25) is 0 Å². The van der Waals surface area contributed by atoms with Crippen molar-refractivity contribution in [2.45, 2.75) is 271 Å². The zero-order chi connectivity index (χ0) is 48.3. The molecule has 2 atom stereocenters. The molecule has 0 radical (unpaired) electrons. The Bertz CT molecular complexity index is 1690. The molecule has 0 spiro atoms. The Labute approximate surface area is 421 Å². The lowest BCUT2D eigenvalue weighted by Gasteiger charge is -2.21. The van der Waals surface area contributed by atoms with E-state index in [1.807, 2.05) is 0 Å². The Hall–Kier alpha value is -3.52. The molecule has 4 rings (SSSR count). The molecule has 68 heavy (non-hydrogen) atoms. The summed E-state index contributed by atoms with van der Waals surface area (Å²) in [5.74, 6) is 0.921. The molecule has 2 unspecified atom stereocenters. The second-order valence-corrected chi connectivity index (χ2v) is 21.5. The maximum atomic E-state index is 6.17. The largest absolute Gasteiger partial charge is 0.399 e. The predicted octanol–water partition coefficient (Wildman–Crippen LogP) is 20.8. The summed E-state index contributed by atoms with van der Waals surface area (Å²) >= 11 is 0. The van der Waals surface area contributed by atoms with Gasteiger partial charge in [-0.25, -0.2) is 0 Å². The molecule has 0 bridgehead atoms. The molecule has 4 N–H and O–H groups in total. The molecule has 0 saturated carbocycles. The first-order chi connectivity index (χ1) is 33.4. The molecular weight excluding hydrogens is 821 g/mol. The Balaban J connectivity index is 1.03. The van der Waals surface area contributed by atoms with Crippen LogP contribution >= 0.6 is 0 Å². The topological polar surface area (TPSA) is 52.0 Å². The predicted molar refractivity (Wildman–Crippen MR) is 303 cm³/mol. The fourth-order valence-electron chi connectivity index (χ4n) is 11.1. The number of aryl methyl sites for hydroxylation is 4. The van der Waals surface area contributed by atoms with Crippen molar-refractivity contribution in [3.63, 3.8) is 0 Å². The lowest BCUT2D eigenvalue weighted by atomic mass is 9.84. The van der Waals surface area contributed by atoms with Crippen molar-refractivity contribution in [3.8, 4) is 0 Å². The molecular formula is C66H104N2. The summed E-state index contributed by atoms with van der Waals surface area (Å²) in [7, 11) is 0. The number of benzene rings is 4. The summed E-state index contributed by atoms with van der Waals surface area (Å²) < 4.78 is 0. The number of hydrogen-bond donors (Lipinski definition) is 2. The van der Waals surface area contributed by atoms with Crippen LogP contribution in [0.15, 0.2) is 84.9 Å². The van der Waals surface area contributed by atoms with Crippen LogP contribution in [0.3, 0.4) is 0 Å². The molecule has 378 valence electrons.